The topological polar surface area (TPSA) is 27.7 Å². The third-order valence-corrected chi connectivity index (χ3v) is 3.76. The van der Waals surface area contributed by atoms with E-state index in [1.165, 1.54) is 64.2 Å². The summed E-state index contributed by atoms with van der Waals surface area (Å²) in [4.78, 5) is 0. The summed E-state index contributed by atoms with van der Waals surface area (Å²) in [6.45, 7) is 6.31. The smallest absolute Gasteiger partial charge is 0.0701 e. The predicted octanol–water partition coefficient (Wildman–Crippen LogP) is 5.20. The quantitative estimate of drug-likeness (QED) is 0.240. The van der Waals surface area contributed by atoms with E-state index in [1.54, 1.807) is 0 Å². The van der Waals surface area contributed by atoms with E-state index in [9.17, 15) is 0 Å². The van der Waals surface area contributed by atoms with Crippen LogP contribution in [0, 0.1) is 0 Å². The van der Waals surface area contributed by atoms with E-state index >= 15 is 0 Å². The first-order valence-corrected chi connectivity index (χ1v) is 9.74. The minimum absolute atomic E-state index is 0.544. The highest BCUT2D eigenvalue weighted by atomic mass is 35.5. The first-order valence-electron chi connectivity index (χ1n) is 9.21. The molecule has 0 aliphatic carbocycles. The summed E-state index contributed by atoms with van der Waals surface area (Å²) in [5.74, 6) is 0.544. The first-order chi connectivity index (χ1) is 10.9. The molecule has 0 unspecified atom stereocenters. The van der Waals surface area contributed by atoms with Crippen LogP contribution in [0.3, 0.4) is 0 Å². The highest BCUT2D eigenvalue weighted by Crippen LogP contribution is 2.10. The summed E-state index contributed by atoms with van der Waals surface area (Å²) >= 11 is 5.49. The second-order valence-electron chi connectivity index (χ2n) is 5.71. The molecule has 0 atom stereocenters. The van der Waals surface area contributed by atoms with Gasteiger partial charge < -0.3 is 14.2 Å². The molecular formula is C18H37ClO3. The Morgan fingerprint density at radius 2 is 0.909 bits per heavy atom. The second kappa shape index (κ2) is 21.2. The van der Waals surface area contributed by atoms with E-state index in [4.69, 9.17) is 25.8 Å². The number of hydrogen-bond acceptors (Lipinski definition) is 3. The molecule has 3 nitrogen and oxygen atoms in total. The van der Waals surface area contributed by atoms with Gasteiger partial charge in [0.1, 0.15) is 0 Å². The Morgan fingerprint density at radius 1 is 0.500 bits per heavy atom. The van der Waals surface area contributed by atoms with Crippen LogP contribution in [0.5, 0.6) is 0 Å². The molecule has 0 fully saturated rings. The van der Waals surface area contributed by atoms with Crippen LogP contribution >= 0.6 is 11.6 Å². The molecule has 0 aliphatic rings. The molecule has 0 rings (SSSR count). The van der Waals surface area contributed by atoms with Gasteiger partial charge in [-0.25, -0.2) is 0 Å². The summed E-state index contributed by atoms with van der Waals surface area (Å²) in [6.07, 6.45) is 13.6. The van der Waals surface area contributed by atoms with E-state index in [1.807, 2.05) is 0 Å². The van der Waals surface area contributed by atoms with Gasteiger partial charge in [-0.15, -0.1) is 11.6 Å². The van der Waals surface area contributed by atoms with Crippen molar-refractivity contribution in [1.82, 2.24) is 0 Å². The van der Waals surface area contributed by atoms with Crippen molar-refractivity contribution >= 4 is 11.6 Å². The Labute approximate surface area is 143 Å². The molecule has 0 aromatic carbocycles. The SMILES string of the molecule is CCCCCCCCCCCCOCCOCCOCCCl. The van der Waals surface area contributed by atoms with E-state index < -0.39 is 0 Å². The molecule has 0 heterocycles. The fourth-order valence-electron chi connectivity index (χ4n) is 2.29. The van der Waals surface area contributed by atoms with Gasteiger partial charge >= 0.3 is 0 Å². The molecule has 4 heteroatoms. The van der Waals surface area contributed by atoms with E-state index in [0.717, 1.165) is 6.61 Å². The minimum Gasteiger partial charge on any atom is -0.379 e. The van der Waals surface area contributed by atoms with Crippen LogP contribution in [-0.4, -0.2) is 45.5 Å². The fourth-order valence-corrected chi connectivity index (χ4v) is 2.40. The third kappa shape index (κ3) is 20.2. The molecule has 0 aromatic heterocycles. The van der Waals surface area contributed by atoms with Gasteiger partial charge in [0.05, 0.1) is 33.0 Å². The standard InChI is InChI=1S/C18H37ClO3/c1-2-3-4-5-6-7-8-9-10-11-13-20-15-17-22-18-16-21-14-12-19/h2-18H2,1H3. The number of unbranched alkanes of at least 4 members (excludes halogenated alkanes) is 9. The monoisotopic (exact) mass is 336 g/mol. The third-order valence-electron chi connectivity index (χ3n) is 3.61. The number of ether oxygens (including phenoxy) is 3. The molecule has 0 aliphatic heterocycles. The highest BCUT2D eigenvalue weighted by Gasteiger charge is 1.94. The van der Waals surface area contributed by atoms with E-state index in [-0.39, 0.29) is 0 Å². The van der Waals surface area contributed by atoms with E-state index in [0.29, 0.717) is 38.9 Å². The Morgan fingerprint density at radius 3 is 1.41 bits per heavy atom. The van der Waals surface area contributed by atoms with E-state index in [2.05, 4.69) is 6.92 Å². The highest BCUT2D eigenvalue weighted by molar-refractivity contribution is 6.17. The lowest BCUT2D eigenvalue weighted by molar-refractivity contribution is 0.0165. The Bertz CT molecular complexity index is 171. The number of halogens is 1. The van der Waals surface area contributed by atoms with Crippen LogP contribution in [-0.2, 0) is 14.2 Å². The molecule has 0 bridgehead atoms. The van der Waals surface area contributed by atoms with Crippen LogP contribution < -0.4 is 0 Å². The normalized spacial score (nSPS) is 11.2. The Kier molecular flexibility index (Phi) is 21.3. The summed E-state index contributed by atoms with van der Waals surface area (Å²) < 4.78 is 16.1. The van der Waals surface area contributed by atoms with Crippen molar-refractivity contribution < 1.29 is 14.2 Å². The number of rotatable bonds is 19. The van der Waals surface area contributed by atoms with Gasteiger partial charge in [0, 0.05) is 12.5 Å². The van der Waals surface area contributed by atoms with Crippen molar-refractivity contribution in [3.8, 4) is 0 Å². The van der Waals surface area contributed by atoms with Gasteiger partial charge in [0.25, 0.3) is 0 Å². The molecule has 134 valence electrons. The predicted molar refractivity (Wildman–Crippen MR) is 95.0 cm³/mol. The summed E-state index contributed by atoms with van der Waals surface area (Å²) in [5, 5.41) is 0. The molecular weight excluding hydrogens is 300 g/mol. The average Bonchev–Trinajstić information content (AvgIpc) is 2.54. The van der Waals surface area contributed by atoms with Gasteiger partial charge in [-0.1, -0.05) is 64.7 Å². The average molecular weight is 337 g/mol. The number of alkyl halides is 1. The Hall–Kier alpha value is 0.170. The molecule has 22 heavy (non-hydrogen) atoms. The van der Waals surface area contributed by atoms with Crippen LogP contribution in [0.1, 0.15) is 71.1 Å². The zero-order valence-corrected chi connectivity index (χ0v) is 15.4. The van der Waals surface area contributed by atoms with Crippen molar-refractivity contribution in [2.75, 3.05) is 45.5 Å². The summed E-state index contributed by atoms with van der Waals surface area (Å²) in [7, 11) is 0. The molecule has 0 aromatic rings. The number of hydrogen-bond donors (Lipinski definition) is 0. The molecule has 0 N–H and O–H groups in total. The van der Waals surface area contributed by atoms with Crippen molar-refractivity contribution in [1.29, 1.82) is 0 Å². The van der Waals surface area contributed by atoms with Crippen LogP contribution in [0.25, 0.3) is 0 Å². The van der Waals surface area contributed by atoms with Crippen molar-refractivity contribution in [3.05, 3.63) is 0 Å². The second-order valence-corrected chi connectivity index (χ2v) is 6.09. The van der Waals surface area contributed by atoms with Gasteiger partial charge in [0.15, 0.2) is 0 Å². The summed E-state index contributed by atoms with van der Waals surface area (Å²) in [6, 6.07) is 0. The van der Waals surface area contributed by atoms with Gasteiger partial charge in [-0.2, -0.15) is 0 Å². The van der Waals surface area contributed by atoms with Crippen molar-refractivity contribution in [2.45, 2.75) is 71.1 Å². The fraction of sp³-hybridized carbons (Fsp3) is 1.00. The van der Waals surface area contributed by atoms with Crippen LogP contribution in [0.4, 0.5) is 0 Å². The largest absolute Gasteiger partial charge is 0.379 e. The molecule has 0 saturated carbocycles. The van der Waals surface area contributed by atoms with Gasteiger partial charge in [0.2, 0.25) is 0 Å². The van der Waals surface area contributed by atoms with Crippen molar-refractivity contribution in [3.63, 3.8) is 0 Å². The van der Waals surface area contributed by atoms with Crippen LogP contribution in [0.15, 0.2) is 0 Å². The molecule has 0 saturated heterocycles. The first kappa shape index (κ1) is 22.2. The zero-order valence-electron chi connectivity index (χ0n) is 14.6. The summed E-state index contributed by atoms with van der Waals surface area (Å²) in [5.41, 5.74) is 0. The lowest BCUT2D eigenvalue weighted by Gasteiger charge is -2.06. The maximum Gasteiger partial charge on any atom is 0.0701 e. The Balaban J connectivity index is 2.91. The van der Waals surface area contributed by atoms with Crippen LogP contribution in [0.2, 0.25) is 0 Å². The van der Waals surface area contributed by atoms with Gasteiger partial charge in [-0.05, 0) is 6.42 Å². The maximum atomic E-state index is 5.55. The van der Waals surface area contributed by atoms with Gasteiger partial charge in [-0.3, -0.25) is 0 Å². The lowest BCUT2D eigenvalue weighted by Crippen LogP contribution is -2.10. The molecule has 0 amide bonds. The molecule has 0 radical (unpaired) electrons. The molecule has 0 spiro atoms. The minimum atomic E-state index is 0.544. The van der Waals surface area contributed by atoms with Crippen molar-refractivity contribution in [2.24, 2.45) is 0 Å². The lowest BCUT2D eigenvalue weighted by atomic mass is 10.1. The maximum absolute atomic E-state index is 5.55. The zero-order chi connectivity index (χ0) is 16.1.